The van der Waals surface area contributed by atoms with Crippen LogP contribution in [0.4, 0.5) is 11.4 Å². The fourth-order valence-corrected chi connectivity index (χ4v) is 3.16. The summed E-state index contributed by atoms with van der Waals surface area (Å²) in [7, 11) is 0. The van der Waals surface area contributed by atoms with Gasteiger partial charge < -0.3 is 9.64 Å². The van der Waals surface area contributed by atoms with Crippen molar-refractivity contribution in [2.45, 2.75) is 6.54 Å². The Morgan fingerprint density at radius 1 is 0.920 bits per heavy atom. The molecule has 0 saturated heterocycles. The first-order chi connectivity index (χ1) is 12.3. The van der Waals surface area contributed by atoms with E-state index in [0.29, 0.717) is 0 Å². The van der Waals surface area contributed by atoms with Crippen LogP contribution in [0.25, 0.3) is 0 Å². The predicted molar refractivity (Wildman–Crippen MR) is 106 cm³/mol. The Morgan fingerprint density at radius 2 is 1.68 bits per heavy atom. The lowest BCUT2D eigenvalue weighted by Gasteiger charge is -2.28. The summed E-state index contributed by atoms with van der Waals surface area (Å²) in [5.74, 6) is 1.71. The monoisotopic (exact) mass is 392 g/mol. The first-order valence-corrected chi connectivity index (χ1v) is 8.97. The van der Waals surface area contributed by atoms with Gasteiger partial charge in [-0.05, 0) is 42.5 Å². The molecule has 1 aliphatic rings. The van der Waals surface area contributed by atoms with Gasteiger partial charge in [0.1, 0.15) is 11.5 Å². The highest BCUT2D eigenvalue weighted by atomic mass is 79.9. The zero-order valence-electron chi connectivity index (χ0n) is 13.6. The van der Waals surface area contributed by atoms with Crippen molar-refractivity contribution < 1.29 is 4.74 Å². The third-order valence-corrected chi connectivity index (χ3v) is 4.66. The molecule has 0 aliphatic carbocycles. The molecule has 0 radical (unpaired) electrons. The van der Waals surface area contributed by atoms with Crippen LogP contribution in [0.15, 0.2) is 82.3 Å². The molecule has 0 fully saturated rings. The number of anilines is 1. The molecule has 0 atom stereocenters. The second-order valence-electron chi connectivity index (χ2n) is 5.84. The van der Waals surface area contributed by atoms with E-state index in [4.69, 9.17) is 4.74 Å². The van der Waals surface area contributed by atoms with Crippen LogP contribution in [-0.2, 0) is 6.54 Å². The van der Waals surface area contributed by atoms with E-state index in [1.165, 1.54) is 0 Å². The van der Waals surface area contributed by atoms with Crippen molar-refractivity contribution >= 4 is 33.5 Å². The average molecular weight is 393 g/mol. The summed E-state index contributed by atoms with van der Waals surface area (Å²) in [5.41, 5.74) is 3.32. The standard InChI is InChI=1S/C21H17BrN2O/c22-17-9-11-18(12-10-17)25-21-8-4-1-5-16(21)15-24-14-13-23-19-6-2-3-7-20(19)24/h1-13H,14-15H2. The Labute approximate surface area is 155 Å². The third kappa shape index (κ3) is 3.59. The number of para-hydroxylation sites is 3. The summed E-state index contributed by atoms with van der Waals surface area (Å²) in [4.78, 5) is 6.79. The van der Waals surface area contributed by atoms with Gasteiger partial charge in [0.15, 0.2) is 0 Å². The van der Waals surface area contributed by atoms with Gasteiger partial charge >= 0.3 is 0 Å². The molecule has 1 aliphatic heterocycles. The summed E-state index contributed by atoms with van der Waals surface area (Å²) in [6.07, 6.45) is 1.96. The van der Waals surface area contributed by atoms with Crippen molar-refractivity contribution in [3.63, 3.8) is 0 Å². The van der Waals surface area contributed by atoms with Crippen LogP contribution in [0, 0.1) is 0 Å². The number of nitrogens with zero attached hydrogens (tertiary/aromatic N) is 2. The second kappa shape index (κ2) is 7.11. The number of halogens is 1. The van der Waals surface area contributed by atoms with Crippen LogP contribution in [0.2, 0.25) is 0 Å². The SMILES string of the molecule is Brc1ccc(Oc2ccccc2CN2CC=Nc3ccccc32)cc1. The lowest BCUT2D eigenvalue weighted by Crippen LogP contribution is -2.26. The number of hydrogen-bond donors (Lipinski definition) is 0. The van der Waals surface area contributed by atoms with E-state index in [1.807, 2.05) is 60.8 Å². The Balaban J connectivity index is 1.59. The molecule has 3 nitrogen and oxygen atoms in total. The highest BCUT2D eigenvalue weighted by Crippen LogP contribution is 2.33. The molecule has 0 unspecified atom stereocenters. The van der Waals surface area contributed by atoms with Crippen molar-refractivity contribution in [3.05, 3.63) is 82.8 Å². The molecule has 3 aromatic carbocycles. The van der Waals surface area contributed by atoms with Gasteiger partial charge in [-0.25, -0.2) is 0 Å². The van der Waals surface area contributed by atoms with Gasteiger partial charge in [-0.1, -0.05) is 46.3 Å². The van der Waals surface area contributed by atoms with Gasteiger partial charge in [0.25, 0.3) is 0 Å². The Kier molecular flexibility index (Phi) is 4.53. The number of fused-ring (bicyclic) bond motifs is 1. The highest BCUT2D eigenvalue weighted by molar-refractivity contribution is 9.10. The first-order valence-electron chi connectivity index (χ1n) is 8.17. The summed E-state index contributed by atoms with van der Waals surface area (Å²) in [6, 6.07) is 24.3. The summed E-state index contributed by atoms with van der Waals surface area (Å²) in [6.45, 7) is 1.57. The molecule has 0 bridgehead atoms. The number of hydrogen-bond acceptors (Lipinski definition) is 3. The van der Waals surface area contributed by atoms with Crippen LogP contribution in [-0.4, -0.2) is 12.8 Å². The lowest BCUT2D eigenvalue weighted by molar-refractivity contribution is 0.475. The molecule has 0 saturated carbocycles. The van der Waals surface area contributed by atoms with Crippen LogP contribution in [0.3, 0.4) is 0 Å². The van der Waals surface area contributed by atoms with Gasteiger partial charge in [-0.3, -0.25) is 4.99 Å². The van der Waals surface area contributed by atoms with E-state index >= 15 is 0 Å². The van der Waals surface area contributed by atoms with Crippen LogP contribution in [0.5, 0.6) is 11.5 Å². The predicted octanol–water partition coefficient (Wildman–Crippen LogP) is 5.96. The number of rotatable bonds is 4. The summed E-state index contributed by atoms with van der Waals surface area (Å²) >= 11 is 3.45. The minimum Gasteiger partial charge on any atom is -0.457 e. The van der Waals surface area contributed by atoms with E-state index in [0.717, 1.165) is 46.0 Å². The van der Waals surface area contributed by atoms with Crippen molar-refractivity contribution in [2.24, 2.45) is 4.99 Å². The molecule has 3 aromatic rings. The zero-order chi connectivity index (χ0) is 17.1. The molecule has 4 heteroatoms. The van der Waals surface area contributed by atoms with Crippen molar-refractivity contribution in [3.8, 4) is 11.5 Å². The lowest BCUT2D eigenvalue weighted by atomic mass is 10.1. The molecule has 0 aromatic heterocycles. The summed E-state index contributed by atoms with van der Waals surface area (Å²) in [5, 5.41) is 0. The molecule has 1 heterocycles. The van der Waals surface area contributed by atoms with E-state index in [9.17, 15) is 0 Å². The van der Waals surface area contributed by atoms with Gasteiger partial charge in [0, 0.05) is 22.8 Å². The molecule has 0 amide bonds. The minimum absolute atomic E-state index is 0.774. The van der Waals surface area contributed by atoms with E-state index < -0.39 is 0 Å². The number of aliphatic imine (C=N–C) groups is 1. The fraction of sp³-hybridized carbons (Fsp3) is 0.0952. The van der Waals surface area contributed by atoms with Gasteiger partial charge in [0.05, 0.1) is 17.9 Å². The first kappa shape index (κ1) is 15.9. The molecule has 0 spiro atoms. The van der Waals surface area contributed by atoms with E-state index in [-0.39, 0.29) is 0 Å². The maximum absolute atomic E-state index is 6.11. The van der Waals surface area contributed by atoms with E-state index in [1.54, 1.807) is 0 Å². The molecular weight excluding hydrogens is 376 g/mol. The Bertz CT molecular complexity index is 906. The third-order valence-electron chi connectivity index (χ3n) is 4.13. The van der Waals surface area contributed by atoms with Crippen LogP contribution >= 0.6 is 15.9 Å². The fourth-order valence-electron chi connectivity index (χ4n) is 2.90. The summed E-state index contributed by atoms with van der Waals surface area (Å²) < 4.78 is 7.15. The average Bonchev–Trinajstić information content (AvgIpc) is 2.65. The van der Waals surface area contributed by atoms with Crippen molar-refractivity contribution in [2.75, 3.05) is 11.4 Å². The van der Waals surface area contributed by atoms with Gasteiger partial charge in [0.2, 0.25) is 0 Å². The van der Waals surface area contributed by atoms with Crippen LogP contribution in [0.1, 0.15) is 5.56 Å². The molecular formula is C21H17BrN2O. The Hall–Kier alpha value is -2.59. The number of benzene rings is 3. The quantitative estimate of drug-likeness (QED) is 0.546. The Morgan fingerprint density at radius 3 is 2.56 bits per heavy atom. The molecule has 25 heavy (non-hydrogen) atoms. The van der Waals surface area contributed by atoms with Crippen molar-refractivity contribution in [1.29, 1.82) is 0 Å². The normalized spacial score (nSPS) is 12.8. The highest BCUT2D eigenvalue weighted by Gasteiger charge is 2.16. The van der Waals surface area contributed by atoms with Gasteiger partial charge in [-0.15, -0.1) is 0 Å². The van der Waals surface area contributed by atoms with Gasteiger partial charge in [-0.2, -0.15) is 0 Å². The maximum Gasteiger partial charge on any atom is 0.132 e. The van der Waals surface area contributed by atoms with E-state index in [2.05, 4.69) is 44.0 Å². The molecule has 4 rings (SSSR count). The minimum atomic E-state index is 0.774. The van der Waals surface area contributed by atoms with Crippen LogP contribution < -0.4 is 9.64 Å². The topological polar surface area (TPSA) is 24.8 Å². The smallest absolute Gasteiger partial charge is 0.132 e. The number of ether oxygens (including phenoxy) is 1. The van der Waals surface area contributed by atoms with Crippen molar-refractivity contribution in [1.82, 2.24) is 0 Å². The maximum atomic E-state index is 6.11. The second-order valence-corrected chi connectivity index (χ2v) is 6.76. The zero-order valence-corrected chi connectivity index (χ0v) is 15.2. The largest absolute Gasteiger partial charge is 0.457 e. The molecule has 0 N–H and O–H groups in total. The molecule has 124 valence electrons.